The first-order valence-electron chi connectivity index (χ1n) is 14.4. The van der Waals surface area contributed by atoms with Gasteiger partial charge in [-0.2, -0.15) is 4.98 Å². The Morgan fingerprint density at radius 1 is 0.935 bits per heavy atom. The Bertz CT molecular complexity index is 2010. The lowest BCUT2D eigenvalue weighted by atomic mass is 10.1. The lowest BCUT2D eigenvalue weighted by molar-refractivity contribution is 0.0216. The van der Waals surface area contributed by atoms with E-state index in [4.69, 9.17) is 4.98 Å². The van der Waals surface area contributed by atoms with Crippen LogP contribution in [0.3, 0.4) is 0 Å². The highest BCUT2D eigenvalue weighted by Gasteiger charge is 2.44. The van der Waals surface area contributed by atoms with Crippen molar-refractivity contribution < 1.29 is 27.4 Å². The fourth-order valence-corrected chi connectivity index (χ4v) is 9.66. The molecule has 0 amide bonds. The summed E-state index contributed by atoms with van der Waals surface area (Å²) in [6.07, 6.45) is -0.859. The largest absolute Gasteiger partial charge is 0.390 e. The first-order chi connectivity index (χ1) is 21.8. The Hall–Kier alpha value is -3.70. The van der Waals surface area contributed by atoms with Gasteiger partial charge in [0.15, 0.2) is 0 Å². The highest BCUT2D eigenvalue weighted by atomic mass is 32.2. The number of nitrogens with zero attached hydrogens (tertiary/aromatic N) is 5. The number of nitrogens with one attached hydrogen (secondary N) is 2. The van der Waals surface area contributed by atoms with Gasteiger partial charge in [-0.05, 0) is 52.3 Å². The summed E-state index contributed by atoms with van der Waals surface area (Å²) in [5.41, 5.74) is 2.90. The molecule has 0 saturated heterocycles. The average molecular weight is 688 g/mol. The number of pyridine rings is 1. The van der Waals surface area contributed by atoms with Crippen molar-refractivity contribution in [2.45, 2.75) is 63.2 Å². The van der Waals surface area contributed by atoms with Crippen LogP contribution in [0.25, 0.3) is 20.8 Å². The molecule has 6 rings (SSSR count). The summed E-state index contributed by atoms with van der Waals surface area (Å²) in [5, 5.41) is 28.7. The van der Waals surface area contributed by atoms with Crippen LogP contribution in [0.1, 0.15) is 33.9 Å². The molecular formula is C30H31F2N7O4S3. The van der Waals surface area contributed by atoms with Crippen LogP contribution in [-0.2, 0) is 16.4 Å². The zero-order valence-electron chi connectivity index (χ0n) is 25.2. The number of fused-ring (bicyclic) bond motifs is 1. The summed E-state index contributed by atoms with van der Waals surface area (Å²) in [6, 6.07) is 4.65. The number of aliphatic hydroxyl groups is 2. The van der Waals surface area contributed by atoms with Crippen molar-refractivity contribution in [1.29, 1.82) is 0 Å². The maximum Gasteiger partial charge on any atom is 0.225 e. The molecule has 4 aromatic heterocycles. The Labute approximate surface area is 271 Å². The SMILES string of the molecule is Cc1nc(S(=O)(=O)C[C@H]2C[C@@H](Nc3nc(NCc4c(F)cccc4F)nc(C)c3-c3nc4c(C)nccc4s3)[C@H](O)[C@@H]2O)sc1C. The van der Waals surface area contributed by atoms with Gasteiger partial charge in [0.2, 0.25) is 20.1 Å². The summed E-state index contributed by atoms with van der Waals surface area (Å²) in [6.45, 7) is 6.88. The average Bonchev–Trinajstić information content (AvgIpc) is 3.65. The van der Waals surface area contributed by atoms with Gasteiger partial charge in [0.05, 0.1) is 45.2 Å². The molecule has 16 heteroatoms. The minimum Gasteiger partial charge on any atom is -0.390 e. The molecule has 1 aliphatic rings. The highest BCUT2D eigenvalue weighted by molar-refractivity contribution is 7.93. The number of aryl methyl sites for hydroxylation is 4. The third-order valence-corrected chi connectivity index (χ3v) is 12.5. The van der Waals surface area contributed by atoms with E-state index in [0.717, 1.165) is 38.7 Å². The number of aromatic nitrogens is 5. The molecule has 0 unspecified atom stereocenters. The van der Waals surface area contributed by atoms with Crippen LogP contribution >= 0.6 is 22.7 Å². The third kappa shape index (κ3) is 6.19. The topological polar surface area (TPSA) is 163 Å². The number of benzene rings is 1. The first kappa shape index (κ1) is 32.2. The van der Waals surface area contributed by atoms with Gasteiger partial charge in [0.25, 0.3) is 0 Å². The van der Waals surface area contributed by atoms with Crippen molar-refractivity contribution in [3.8, 4) is 10.6 Å². The molecule has 4 N–H and O–H groups in total. The minimum absolute atomic E-state index is 0.0167. The van der Waals surface area contributed by atoms with Crippen LogP contribution in [0, 0.1) is 45.2 Å². The van der Waals surface area contributed by atoms with E-state index in [1.54, 1.807) is 27.0 Å². The molecule has 1 aliphatic carbocycles. The number of thiazole rings is 2. The lowest BCUT2D eigenvalue weighted by Crippen LogP contribution is -2.36. The molecule has 11 nitrogen and oxygen atoms in total. The zero-order chi connectivity index (χ0) is 32.9. The number of aliphatic hydroxyl groups excluding tert-OH is 2. The Morgan fingerprint density at radius 3 is 2.35 bits per heavy atom. The molecule has 0 aliphatic heterocycles. The van der Waals surface area contributed by atoms with Gasteiger partial charge in [0, 0.05) is 29.1 Å². The van der Waals surface area contributed by atoms with Crippen molar-refractivity contribution in [3.63, 3.8) is 0 Å². The maximum absolute atomic E-state index is 14.3. The van der Waals surface area contributed by atoms with Gasteiger partial charge in [-0.3, -0.25) is 4.98 Å². The molecule has 46 heavy (non-hydrogen) atoms. The number of hydrogen-bond donors (Lipinski definition) is 4. The number of halogens is 2. The van der Waals surface area contributed by atoms with Crippen molar-refractivity contribution >= 4 is 54.5 Å². The smallest absolute Gasteiger partial charge is 0.225 e. The number of sulfone groups is 1. The molecule has 0 bridgehead atoms. The highest BCUT2D eigenvalue weighted by Crippen LogP contribution is 2.39. The molecule has 0 radical (unpaired) electrons. The van der Waals surface area contributed by atoms with E-state index in [0.29, 0.717) is 27.5 Å². The second kappa shape index (κ2) is 12.5. The normalized spacial score (nSPS) is 20.0. The van der Waals surface area contributed by atoms with Gasteiger partial charge < -0.3 is 20.8 Å². The molecule has 1 aromatic carbocycles. The molecule has 242 valence electrons. The molecule has 0 spiro atoms. The molecular weight excluding hydrogens is 657 g/mol. The molecule has 5 aromatic rings. The van der Waals surface area contributed by atoms with Crippen LogP contribution < -0.4 is 10.6 Å². The Balaban J connectivity index is 1.33. The van der Waals surface area contributed by atoms with E-state index in [9.17, 15) is 27.4 Å². The monoisotopic (exact) mass is 687 g/mol. The second-order valence-corrected chi connectivity index (χ2v) is 15.7. The van der Waals surface area contributed by atoms with Gasteiger partial charge in [0.1, 0.15) is 34.1 Å². The second-order valence-electron chi connectivity index (χ2n) is 11.3. The first-order valence-corrected chi connectivity index (χ1v) is 17.7. The Kier molecular flexibility index (Phi) is 8.75. The molecule has 4 atom stereocenters. The Morgan fingerprint density at radius 2 is 1.67 bits per heavy atom. The van der Waals surface area contributed by atoms with Crippen molar-refractivity contribution in [2.24, 2.45) is 5.92 Å². The fourth-order valence-electron chi connectivity index (χ4n) is 5.51. The quantitative estimate of drug-likeness (QED) is 0.170. The van der Waals surface area contributed by atoms with Gasteiger partial charge in [-0.1, -0.05) is 6.07 Å². The van der Waals surface area contributed by atoms with Crippen molar-refractivity contribution in [3.05, 3.63) is 69.6 Å². The van der Waals surface area contributed by atoms with E-state index in [1.165, 1.54) is 17.4 Å². The predicted octanol–water partition coefficient (Wildman–Crippen LogP) is 4.72. The number of rotatable bonds is 9. The van der Waals surface area contributed by atoms with E-state index in [2.05, 4.69) is 30.6 Å². The molecule has 1 saturated carbocycles. The van der Waals surface area contributed by atoms with Gasteiger partial charge >= 0.3 is 0 Å². The van der Waals surface area contributed by atoms with Crippen molar-refractivity contribution in [2.75, 3.05) is 16.4 Å². The van der Waals surface area contributed by atoms with Gasteiger partial charge in [-0.25, -0.2) is 32.2 Å². The fraction of sp³-hybridized carbons (Fsp3) is 0.367. The zero-order valence-corrected chi connectivity index (χ0v) is 27.7. The minimum atomic E-state index is -3.82. The van der Waals surface area contributed by atoms with Crippen LogP contribution in [-0.4, -0.2) is 67.6 Å². The van der Waals surface area contributed by atoms with E-state index < -0.39 is 51.4 Å². The predicted molar refractivity (Wildman–Crippen MR) is 173 cm³/mol. The van der Waals surface area contributed by atoms with Crippen LogP contribution in [0.5, 0.6) is 0 Å². The molecule has 1 fully saturated rings. The lowest BCUT2D eigenvalue weighted by Gasteiger charge is -2.21. The standard InChI is InChI=1S/C30H31F2N7O4S3/c1-13-16(4)44-30(36-13)46(42,43)12-17-10-21(26(41)25(17)40)37-27-23(28-38-24-15(3)33-9-8-22(24)45-28)14(2)35-29(39-27)34-11-18-19(31)6-5-7-20(18)32/h5-9,17,21,25-26,40-41H,10-12H2,1-4H3,(H2,34,35,37,39)/t17-,21-,25-,26+/m1/s1. The summed E-state index contributed by atoms with van der Waals surface area (Å²) in [4.78, 5) is 23.2. The van der Waals surface area contributed by atoms with E-state index in [-0.39, 0.29) is 34.6 Å². The van der Waals surface area contributed by atoms with Crippen LogP contribution in [0.2, 0.25) is 0 Å². The van der Waals surface area contributed by atoms with Gasteiger partial charge in [-0.15, -0.1) is 22.7 Å². The summed E-state index contributed by atoms with van der Waals surface area (Å²) in [5.74, 6) is -2.30. The number of hydrogen-bond acceptors (Lipinski definition) is 13. The third-order valence-electron chi connectivity index (χ3n) is 8.11. The van der Waals surface area contributed by atoms with Crippen LogP contribution in [0.4, 0.5) is 20.5 Å². The van der Waals surface area contributed by atoms with E-state index >= 15 is 0 Å². The molecule has 4 heterocycles. The van der Waals surface area contributed by atoms with Crippen LogP contribution in [0.15, 0.2) is 34.8 Å². The maximum atomic E-state index is 14.3. The number of anilines is 2. The van der Waals surface area contributed by atoms with E-state index in [1.807, 2.05) is 13.0 Å². The summed E-state index contributed by atoms with van der Waals surface area (Å²) in [7, 11) is -3.82. The summed E-state index contributed by atoms with van der Waals surface area (Å²) < 4.78 is 55.9. The summed E-state index contributed by atoms with van der Waals surface area (Å²) >= 11 is 2.47. The van der Waals surface area contributed by atoms with Crippen molar-refractivity contribution in [1.82, 2.24) is 24.9 Å².